The van der Waals surface area contributed by atoms with Crippen LogP contribution in [0.3, 0.4) is 0 Å². The molecule has 3 aromatic heterocycles. The molecule has 0 atom stereocenters. The van der Waals surface area contributed by atoms with Crippen molar-refractivity contribution >= 4 is 34.1 Å². The number of thioether (sulfide) groups is 1. The zero-order chi connectivity index (χ0) is 21.1. The molecule has 4 rings (SSSR count). The van der Waals surface area contributed by atoms with E-state index in [2.05, 4.69) is 51.5 Å². The van der Waals surface area contributed by atoms with Gasteiger partial charge in [-0.05, 0) is 43.2 Å². The van der Waals surface area contributed by atoms with Crippen molar-refractivity contribution in [2.24, 2.45) is 0 Å². The van der Waals surface area contributed by atoms with Gasteiger partial charge in [0.05, 0.1) is 11.4 Å². The van der Waals surface area contributed by atoms with Crippen LogP contribution < -0.4 is 11.2 Å². The summed E-state index contributed by atoms with van der Waals surface area (Å²) in [6, 6.07) is 11.7. The van der Waals surface area contributed by atoms with Crippen LogP contribution in [0.15, 0.2) is 53.1 Å². The molecule has 0 unspecified atom stereocenters. The minimum atomic E-state index is -0.191. The first kappa shape index (κ1) is 20.0. The minimum absolute atomic E-state index is 0.135. The van der Waals surface area contributed by atoms with Gasteiger partial charge in [-0.3, -0.25) is 9.78 Å². The normalized spacial score (nSPS) is 10.9. The maximum atomic E-state index is 12.3. The van der Waals surface area contributed by atoms with Gasteiger partial charge in [0.2, 0.25) is 16.9 Å². The number of aryl methyl sites for hydroxylation is 2. The van der Waals surface area contributed by atoms with E-state index in [0.717, 1.165) is 11.3 Å². The lowest BCUT2D eigenvalue weighted by Gasteiger charge is -2.04. The Hall–Kier alpha value is -3.24. The molecule has 8 nitrogen and oxygen atoms in total. The molecule has 4 aromatic rings. The summed E-state index contributed by atoms with van der Waals surface area (Å²) in [5.41, 5.74) is 4.93. The van der Waals surface area contributed by atoms with Gasteiger partial charge in [0.25, 0.3) is 0 Å². The van der Waals surface area contributed by atoms with Gasteiger partial charge in [0, 0.05) is 17.1 Å². The van der Waals surface area contributed by atoms with Crippen molar-refractivity contribution in [3.8, 4) is 22.8 Å². The SMILES string of the molecule is Cc1ccc(-c2csc(NC(=O)CSc3nnc(-c4ccccn4)n3N)n2)cc1C. The highest BCUT2D eigenvalue weighted by Gasteiger charge is 2.15. The topological polar surface area (TPSA) is 112 Å². The third kappa shape index (κ3) is 4.34. The maximum absolute atomic E-state index is 12.3. The Labute approximate surface area is 181 Å². The molecule has 10 heteroatoms. The third-order valence-corrected chi connectivity index (χ3v) is 6.14. The Balaban J connectivity index is 1.37. The number of rotatable bonds is 6. The first-order chi connectivity index (χ1) is 14.5. The monoisotopic (exact) mass is 437 g/mol. The molecule has 3 N–H and O–H groups in total. The number of pyridine rings is 1. The number of carbonyl (C=O) groups excluding carboxylic acids is 1. The van der Waals surface area contributed by atoms with E-state index in [1.165, 1.54) is 38.9 Å². The zero-order valence-electron chi connectivity index (χ0n) is 16.4. The van der Waals surface area contributed by atoms with Crippen LogP contribution in [0.5, 0.6) is 0 Å². The summed E-state index contributed by atoms with van der Waals surface area (Å²) in [6.45, 7) is 4.14. The number of anilines is 1. The quantitative estimate of drug-likeness (QED) is 0.351. The van der Waals surface area contributed by atoms with Crippen molar-refractivity contribution in [3.05, 3.63) is 59.1 Å². The molecule has 0 bridgehead atoms. The Kier molecular flexibility index (Phi) is 5.77. The highest BCUT2D eigenvalue weighted by atomic mass is 32.2. The molecule has 0 radical (unpaired) electrons. The van der Waals surface area contributed by atoms with Crippen LogP contribution in [0.2, 0.25) is 0 Å². The molecule has 0 saturated heterocycles. The van der Waals surface area contributed by atoms with Gasteiger partial charge in [0.1, 0.15) is 5.69 Å². The molecule has 0 aliphatic heterocycles. The van der Waals surface area contributed by atoms with Gasteiger partial charge >= 0.3 is 0 Å². The van der Waals surface area contributed by atoms with Crippen LogP contribution in [-0.4, -0.2) is 36.5 Å². The second-order valence-corrected chi connectivity index (χ2v) is 8.37. The smallest absolute Gasteiger partial charge is 0.236 e. The van der Waals surface area contributed by atoms with E-state index in [1.54, 1.807) is 12.3 Å². The van der Waals surface area contributed by atoms with E-state index in [9.17, 15) is 4.79 Å². The number of nitrogens with two attached hydrogens (primary N) is 1. The molecule has 1 amide bonds. The lowest BCUT2D eigenvalue weighted by Crippen LogP contribution is -2.16. The summed E-state index contributed by atoms with van der Waals surface area (Å²) in [5, 5.41) is 13.8. The first-order valence-electron chi connectivity index (χ1n) is 9.09. The van der Waals surface area contributed by atoms with Gasteiger partial charge in [0.15, 0.2) is 5.13 Å². The highest BCUT2D eigenvalue weighted by Crippen LogP contribution is 2.27. The maximum Gasteiger partial charge on any atom is 0.236 e. The molecule has 0 aliphatic rings. The second kappa shape index (κ2) is 8.64. The molecular weight excluding hydrogens is 418 g/mol. The summed E-state index contributed by atoms with van der Waals surface area (Å²) >= 11 is 2.59. The first-order valence-corrected chi connectivity index (χ1v) is 11.0. The Morgan fingerprint density at radius 1 is 1.17 bits per heavy atom. The largest absolute Gasteiger partial charge is 0.335 e. The molecular formula is C20H19N7OS2. The number of nitrogens with one attached hydrogen (secondary N) is 1. The number of amides is 1. The van der Waals surface area contributed by atoms with Crippen LogP contribution in [0.25, 0.3) is 22.8 Å². The fourth-order valence-corrected chi connectivity index (χ4v) is 4.09. The molecule has 0 saturated carbocycles. The summed E-state index contributed by atoms with van der Waals surface area (Å²) in [5.74, 6) is 6.44. The van der Waals surface area contributed by atoms with Crippen LogP contribution in [-0.2, 0) is 4.79 Å². The van der Waals surface area contributed by atoms with Gasteiger partial charge in [-0.2, -0.15) is 0 Å². The third-order valence-electron chi connectivity index (χ3n) is 4.44. The van der Waals surface area contributed by atoms with Crippen LogP contribution >= 0.6 is 23.1 Å². The summed E-state index contributed by atoms with van der Waals surface area (Å²) in [6.07, 6.45) is 1.66. The van der Waals surface area contributed by atoms with Crippen molar-refractivity contribution in [1.29, 1.82) is 0 Å². The average molecular weight is 438 g/mol. The highest BCUT2D eigenvalue weighted by molar-refractivity contribution is 7.99. The van der Waals surface area contributed by atoms with Gasteiger partial charge < -0.3 is 11.2 Å². The number of nitrogen functional groups attached to an aromatic ring is 1. The molecule has 30 heavy (non-hydrogen) atoms. The lowest BCUT2D eigenvalue weighted by molar-refractivity contribution is -0.113. The molecule has 3 heterocycles. The van der Waals surface area contributed by atoms with E-state index < -0.39 is 0 Å². The van der Waals surface area contributed by atoms with Crippen molar-refractivity contribution < 1.29 is 4.79 Å². The fraction of sp³-hybridized carbons (Fsp3) is 0.150. The lowest BCUT2D eigenvalue weighted by atomic mass is 10.1. The minimum Gasteiger partial charge on any atom is -0.335 e. The van der Waals surface area contributed by atoms with E-state index >= 15 is 0 Å². The predicted molar refractivity (Wildman–Crippen MR) is 120 cm³/mol. The molecule has 0 aliphatic carbocycles. The van der Waals surface area contributed by atoms with Crippen molar-refractivity contribution in [2.75, 3.05) is 16.9 Å². The van der Waals surface area contributed by atoms with Crippen molar-refractivity contribution in [3.63, 3.8) is 0 Å². The van der Waals surface area contributed by atoms with E-state index in [1.807, 2.05) is 23.6 Å². The van der Waals surface area contributed by atoms with Crippen molar-refractivity contribution in [1.82, 2.24) is 24.8 Å². The van der Waals surface area contributed by atoms with E-state index in [-0.39, 0.29) is 11.7 Å². The number of hydrogen-bond acceptors (Lipinski definition) is 8. The number of hydrogen-bond donors (Lipinski definition) is 2. The Morgan fingerprint density at radius 2 is 2.03 bits per heavy atom. The Morgan fingerprint density at radius 3 is 2.80 bits per heavy atom. The summed E-state index contributed by atoms with van der Waals surface area (Å²) in [7, 11) is 0. The molecule has 152 valence electrons. The number of thiazole rings is 1. The van der Waals surface area contributed by atoms with Crippen molar-refractivity contribution in [2.45, 2.75) is 19.0 Å². The van der Waals surface area contributed by atoms with E-state index in [4.69, 9.17) is 5.84 Å². The van der Waals surface area contributed by atoms with E-state index in [0.29, 0.717) is 21.8 Å². The molecule has 0 spiro atoms. The Bertz CT molecular complexity index is 1190. The van der Waals surface area contributed by atoms with Gasteiger partial charge in [-0.1, -0.05) is 30.0 Å². The second-order valence-electron chi connectivity index (χ2n) is 6.56. The van der Waals surface area contributed by atoms with Gasteiger partial charge in [-0.25, -0.2) is 9.66 Å². The number of aromatic nitrogens is 5. The number of carbonyl (C=O) groups is 1. The molecule has 0 fully saturated rings. The summed E-state index contributed by atoms with van der Waals surface area (Å²) < 4.78 is 1.33. The number of nitrogens with zero attached hydrogens (tertiary/aromatic N) is 5. The molecule has 1 aromatic carbocycles. The average Bonchev–Trinajstić information content (AvgIpc) is 3.36. The van der Waals surface area contributed by atoms with Crippen LogP contribution in [0.1, 0.15) is 11.1 Å². The van der Waals surface area contributed by atoms with Crippen LogP contribution in [0, 0.1) is 13.8 Å². The predicted octanol–water partition coefficient (Wildman–Crippen LogP) is 3.53. The standard InChI is InChI=1S/C20H19N7OS2/c1-12-6-7-14(9-13(12)2)16-10-29-19(23-16)24-17(28)11-30-20-26-25-18(27(20)21)15-5-3-4-8-22-15/h3-10H,11,21H2,1-2H3,(H,23,24,28). The number of benzene rings is 1. The van der Waals surface area contributed by atoms with Crippen LogP contribution in [0.4, 0.5) is 5.13 Å². The summed E-state index contributed by atoms with van der Waals surface area (Å²) in [4.78, 5) is 21.1. The zero-order valence-corrected chi connectivity index (χ0v) is 18.0. The van der Waals surface area contributed by atoms with Gasteiger partial charge in [-0.15, -0.1) is 21.5 Å². The fourth-order valence-electron chi connectivity index (χ4n) is 2.70.